The van der Waals surface area contributed by atoms with Gasteiger partial charge in [0.15, 0.2) is 5.75 Å². The van der Waals surface area contributed by atoms with Gasteiger partial charge >= 0.3 is 5.97 Å². The van der Waals surface area contributed by atoms with E-state index in [4.69, 9.17) is 16.5 Å². The van der Waals surface area contributed by atoms with Crippen LogP contribution in [-0.4, -0.2) is 5.97 Å². The highest BCUT2D eigenvalue weighted by atomic mass is 35.5. The van der Waals surface area contributed by atoms with Gasteiger partial charge in [0, 0.05) is 0 Å². The Kier molecular flexibility index (Phi) is 5.77. The minimum atomic E-state index is -0.475. The smallest absolute Gasteiger partial charge is 0.285 e. The monoisotopic (exact) mass is 260 g/mol. The molecule has 0 aliphatic rings. The highest BCUT2D eigenvalue weighted by Crippen LogP contribution is 2.25. The molecule has 1 aromatic rings. The van der Waals surface area contributed by atoms with Gasteiger partial charge in [-0.1, -0.05) is 31.4 Å². The third kappa shape index (κ3) is 5.04. The van der Waals surface area contributed by atoms with Crippen LogP contribution in [0, 0.1) is 5.82 Å². The van der Waals surface area contributed by atoms with Crippen molar-refractivity contribution in [3.63, 3.8) is 0 Å². The summed E-state index contributed by atoms with van der Waals surface area (Å²) in [4.78, 5) is 20.5. The molecule has 0 spiro atoms. The number of carbonyl (C=O) groups excluding carboxylic acids is 1. The average Bonchev–Trinajstić information content (AvgIpc) is 2.28. The number of hydrogen-bond acceptors (Lipinski definition) is 3. The van der Waals surface area contributed by atoms with Crippen LogP contribution in [-0.2, 0) is 9.68 Å². The predicted molar refractivity (Wildman–Crippen MR) is 62.3 cm³/mol. The normalized spacial score (nSPS) is 10.1. The number of hydrogen-bond donors (Lipinski definition) is 0. The highest BCUT2D eigenvalue weighted by molar-refractivity contribution is 6.32. The van der Waals surface area contributed by atoms with E-state index in [0.717, 1.165) is 25.3 Å². The molecule has 0 N–H and O–H groups in total. The van der Waals surface area contributed by atoms with E-state index in [-0.39, 0.29) is 10.8 Å². The van der Waals surface area contributed by atoms with E-state index in [1.165, 1.54) is 12.1 Å². The maximum atomic E-state index is 12.7. The predicted octanol–water partition coefficient (Wildman–Crippen LogP) is 3.90. The van der Waals surface area contributed by atoms with Crippen LogP contribution in [0.3, 0.4) is 0 Å². The summed E-state index contributed by atoms with van der Waals surface area (Å²) in [5.41, 5.74) is 0. The Morgan fingerprint density at radius 2 is 2.18 bits per heavy atom. The molecule has 0 atom stereocenters. The molecule has 0 aromatic heterocycles. The van der Waals surface area contributed by atoms with Crippen LogP contribution in [0.1, 0.15) is 32.6 Å². The van der Waals surface area contributed by atoms with E-state index >= 15 is 0 Å². The lowest BCUT2D eigenvalue weighted by molar-refractivity contribution is -0.213. The second-order valence-electron chi connectivity index (χ2n) is 3.57. The zero-order valence-electron chi connectivity index (χ0n) is 9.54. The standard InChI is InChI=1S/C12H14ClFO3/c1-2-3-4-5-12(15)17-16-11-7-6-9(14)8-10(11)13/h6-8H,2-5H2,1H3. The molecule has 5 heteroatoms. The lowest BCUT2D eigenvalue weighted by Gasteiger charge is -2.05. The third-order valence-corrected chi connectivity index (χ3v) is 2.40. The van der Waals surface area contributed by atoms with Gasteiger partial charge in [0.2, 0.25) is 0 Å². The fourth-order valence-electron chi connectivity index (χ4n) is 1.20. The molecule has 17 heavy (non-hydrogen) atoms. The van der Waals surface area contributed by atoms with Crippen molar-refractivity contribution in [3.05, 3.63) is 29.0 Å². The molecular weight excluding hydrogens is 247 g/mol. The number of unbranched alkanes of at least 4 members (excludes halogenated alkanes) is 2. The first-order valence-corrected chi connectivity index (χ1v) is 5.83. The molecule has 1 aromatic carbocycles. The van der Waals surface area contributed by atoms with E-state index in [1.54, 1.807) is 0 Å². The molecule has 0 saturated heterocycles. The topological polar surface area (TPSA) is 35.5 Å². The van der Waals surface area contributed by atoms with E-state index < -0.39 is 11.8 Å². The van der Waals surface area contributed by atoms with Gasteiger partial charge < -0.3 is 0 Å². The van der Waals surface area contributed by atoms with Gasteiger partial charge in [-0.25, -0.2) is 9.18 Å². The second-order valence-corrected chi connectivity index (χ2v) is 3.98. The number of benzene rings is 1. The SMILES string of the molecule is CCCCCC(=O)OOc1ccc(F)cc1Cl. The van der Waals surface area contributed by atoms with Crippen molar-refractivity contribution in [3.8, 4) is 5.75 Å². The van der Waals surface area contributed by atoms with Crippen molar-refractivity contribution < 1.29 is 19.0 Å². The molecule has 0 saturated carbocycles. The van der Waals surface area contributed by atoms with Gasteiger partial charge in [0.05, 0.1) is 11.4 Å². The summed E-state index contributed by atoms with van der Waals surface area (Å²) < 4.78 is 12.7. The lowest BCUT2D eigenvalue weighted by Crippen LogP contribution is -2.07. The second kappa shape index (κ2) is 7.12. The summed E-state index contributed by atoms with van der Waals surface area (Å²) >= 11 is 5.68. The Labute approximate surface area is 104 Å². The van der Waals surface area contributed by atoms with Crippen LogP contribution in [0.5, 0.6) is 5.75 Å². The van der Waals surface area contributed by atoms with Crippen molar-refractivity contribution >= 4 is 17.6 Å². The average molecular weight is 261 g/mol. The first kappa shape index (κ1) is 13.8. The fraction of sp³-hybridized carbons (Fsp3) is 0.417. The zero-order chi connectivity index (χ0) is 12.7. The molecule has 0 amide bonds. The Hall–Kier alpha value is -1.29. The summed E-state index contributed by atoms with van der Waals surface area (Å²) in [6.07, 6.45) is 3.05. The third-order valence-electron chi connectivity index (χ3n) is 2.10. The van der Waals surface area contributed by atoms with E-state index in [9.17, 15) is 9.18 Å². The zero-order valence-corrected chi connectivity index (χ0v) is 10.3. The summed E-state index contributed by atoms with van der Waals surface area (Å²) in [6.45, 7) is 2.04. The van der Waals surface area contributed by atoms with Crippen molar-refractivity contribution in [1.29, 1.82) is 0 Å². The molecule has 94 valence electrons. The maximum absolute atomic E-state index is 12.7. The summed E-state index contributed by atoms with van der Waals surface area (Å²) in [5, 5.41) is 0.0614. The fourth-order valence-corrected chi connectivity index (χ4v) is 1.39. The largest absolute Gasteiger partial charge is 0.355 e. The number of carbonyl (C=O) groups is 1. The van der Waals surface area contributed by atoms with Gasteiger partial charge in [-0.05, 0) is 24.6 Å². The van der Waals surface area contributed by atoms with Crippen molar-refractivity contribution in [1.82, 2.24) is 0 Å². The molecule has 0 unspecified atom stereocenters. The molecule has 3 nitrogen and oxygen atoms in total. The van der Waals surface area contributed by atoms with E-state index in [1.807, 2.05) is 6.92 Å². The van der Waals surface area contributed by atoms with Gasteiger partial charge in [-0.3, -0.25) is 9.78 Å². The number of rotatable bonds is 6. The van der Waals surface area contributed by atoms with Gasteiger partial charge in [-0.15, -0.1) is 0 Å². The molecule has 0 heterocycles. The number of halogens is 2. The van der Waals surface area contributed by atoms with Crippen LogP contribution in [0.2, 0.25) is 5.02 Å². The first-order valence-electron chi connectivity index (χ1n) is 5.46. The van der Waals surface area contributed by atoms with Crippen LogP contribution in [0.25, 0.3) is 0 Å². The van der Waals surface area contributed by atoms with Crippen molar-refractivity contribution in [2.75, 3.05) is 0 Å². The maximum Gasteiger partial charge on any atom is 0.355 e. The van der Waals surface area contributed by atoms with Crippen LogP contribution < -0.4 is 4.89 Å². The summed E-state index contributed by atoms with van der Waals surface area (Å²) in [7, 11) is 0. The Morgan fingerprint density at radius 3 is 2.82 bits per heavy atom. The van der Waals surface area contributed by atoms with Crippen LogP contribution in [0.15, 0.2) is 18.2 Å². The Bertz CT molecular complexity index is 382. The van der Waals surface area contributed by atoms with Gasteiger partial charge in [0.1, 0.15) is 5.82 Å². The van der Waals surface area contributed by atoms with Crippen molar-refractivity contribution in [2.45, 2.75) is 32.6 Å². The van der Waals surface area contributed by atoms with Crippen LogP contribution in [0.4, 0.5) is 4.39 Å². The highest BCUT2D eigenvalue weighted by Gasteiger charge is 2.08. The molecule has 0 aliphatic carbocycles. The minimum Gasteiger partial charge on any atom is -0.285 e. The lowest BCUT2D eigenvalue weighted by atomic mass is 10.2. The van der Waals surface area contributed by atoms with Crippen molar-refractivity contribution in [2.24, 2.45) is 0 Å². The van der Waals surface area contributed by atoms with Crippen LogP contribution >= 0.6 is 11.6 Å². The minimum absolute atomic E-state index is 0.0614. The molecule has 0 aliphatic heterocycles. The first-order chi connectivity index (χ1) is 8.13. The Morgan fingerprint density at radius 1 is 1.41 bits per heavy atom. The summed E-state index contributed by atoms with van der Waals surface area (Å²) in [6, 6.07) is 3.56. The summed E-state index contributed by atoms with van der Waals surface area (Å²) in [5.74, 6) is -0.813. The van der Waals surface area contributed by atoms with E-state index in [2.05, 4.69) is 4.89 Å². The molecular formula is C12H14ClFO3. The van der Waals surface area contributed by atoms with E-state index in [0.29, 0.717) is 6.42 Å². The van der Waals surface area contributed by atoms with Gasteiger partial charge in [0.25, 0.3) is 0 Å². The molecule has 0 fully saturated rings. The molecule has 1 rings (SSSR count). The Balaban J connectivity index is 2.37. The molecule has 0 bridgehead atoms. The quantitative estimate of drug-likeness (QED) is 0.442. The molecule has 0 radical (unpaired) electrons. The van der Waals surface area contributed by atoms with Gasteiger partial charge in [-0.2, -0.15) is 0 Å².